The largest absolute Gasteiger partial charge is 0.491 e. The molecule has 2 N–H and O–H groups in total. The van der Waals surface area contributed by atoms with E-state index in [0.717, 1.165) is 25.1 Å². The lowest BCUT2D eigenvalue weighted by Crippen LogP contribution is -2.49. The highest BCUT2D eigenvalue weighted by molar-refractivity contribution is 5.94. The molecule has 0 aliphatic carbocycles. The summed E-state index contributed by atoms with van der Waals surface area (Å²) in [5.41, 5.74) is 6.53. The fourth-order valence-corrected chi connectivity index (χ4v) is 2.88. The molecule has 1 aliphatic rings. The van der Waals surface area contributed by atoms with Crippen LogP contribution in [0.3, 0.4) is 0 Å². The number of hydrogen-bond acceptors (Lipinski definition) is 3. The van der Waals surface area contributed by atoms with Crippen molar-refractivity contribution in [2.75, 3.05) is 13.1 Å². The number of carbonyl (C=O) groups excluding carboxylic acids is 1. The Kier molecular flexibility index (Phi) is 5.23. The molecular formula is C17H26N2O2. The number of carbonyl (C=O) groups is 1. The Morgan fingerprint density at radius 3 is 2.90 bits per heavy atom. The minimum Gasteiger partial charge on any atom is -0.491 e. The molecule has 1 aromatic rings. The molecule has 4 nitrogen and oxygen atoms in total. The monoisotopic (exact) mass is 290 g/mol. The first kappa shape index (κ1) is 15.8. The van der Waals surface area contributed by atoms with Crippen molar-refractivity contribution in [2.45, 2.75) is 45.8 Å². The molecule has 1 aliphatic heterocycles. The smallest absolute Gasteiger partial charge is 0.254 e. The Hall–Kier alpha value is -1.55. The third kappa shape index (κ3) is 3.97. The summed E-state index contributed by atoms with van der Waals surface area (Å²) in [4.78, 5) is 14.7. The van der Waals surface area contributed by atoms with Crippen molar-refractivity contribution in [3.05, 3.63) is 29.8 Å². The zero-order chi connectivity index (χ0) is 15.4. The second kappa shape index (κ2) is 6.94. The zero-order valence-corrected chi connectivity index (χ0v) is 13.2. The van der Waals surface area contributed by atoms with E-state index in [1.807, 2.05) is 43.0 Å². The van der Waals surface area contributed by atoms with E-state index in [1.165, 1.54) is 0 Å². The second-order valence-corrected chi connectivity index (χ2v) is 6.21. The van der Waals surface area contributed by atoms with Gasteiger partial charge in [0.1, 0.15) is 5.75 Å². The molecule has 0 spiro atoms. The lowest BCUT2D eigenvalue weighted by Gasteiger charge is -2.38. The van der Waals surface area contributed by atoms with E-state index in [4.69, 9.17) is 10.5 Å². The first-order valence-electron chi connectivity index (χ1n) is 7.79. The topological polar surface area (TPSA) is 55.6 Å². The summed E-state index contributed by atoms with van der Waals surface area (Å²) < 4.78 is 5.67. The van der Waals surface area contributed by atoms with Gasteiger partial charge in [-0.05, 0) is 50.8 Å². The van der Waals surface area contributed by atoms with Crippen LogP contribution in [-0.2, 0) is 0 Å². The molecule has 0 bridgehead atoms. The lowest BCUT2D eigenvalue weighted by molar-refractivity contribution is 0.0573. The Balaban J connectivity index is 2.15. The van der Waals surface area contributed by atoms with Crippen LogP contribution in [0.4, 0.5) is 0 Å². The molecule has 1 fully saturated rings. The fourth-order valence-electron chi connectivity index (χ4n) is 2.88. The van der Waals surface area contributed by atoms with Gasteiger partial charge < -0.3 is 15.4 Å². The average molecular weight is 290 g/mol. The molecule has 1 aromatic carbocycles. The Labute approximate surface area is 127 Å². The van der Waals surface area contributed by atoms with Crippen molar-refractivity contribution >= 4 is 5.91 Å². The number of hydrogen-bond donors (Lipinski definition) is 1. The molecule has 0 aromatic heterocycles. The number of amides is 1. The first-order chi connectivity index (χ1) is 10.0. The van der Waals surface area contributed by atoms with Crippen molar-refractivity contribution in [2.24, 2.45) is 11.7 Å². The maximum absolute atomic E-state index is 12.7. The molecule has 1 amide bonds. The maximum atomic E-state index is 12.7. The maximum Gasteiger partial charge on any atom is 0.254 e. The molecule has 0 saturated carbocycles. The molecule has 21 heavy (non-hydrogen) atoms. The van der Waals surface area contributed by atoms with Crippen molar-refractivity contribution < 1.29 is 9.53 Å². The standard InChI is InChI=1S/C17H26N2O2/c1-12(2)21-16-6-4-5-14(10-16)17(20)19-8-7-13(3)9-15(19)11-18/h4-6,10,12-13,15H,7-9,11,18H2,1-3H3. The van der Waals surface area contributed by atoms with Gasteiger partial charge in [0, 0.05) is 24.7 Å². The molecule has 116 valence electrons. The van der Waals surface area contributed by atoms with Crippen LogP contribution in [0.2, 0.25) is 0 Å². The van der Waals surface area contributed by atoms with Crippen LogP contribution in [0.25, 0.3) is 0 Å². The number of likely N-dealkylation sites (tertiary alicyclic amines) is 1. The third-order valence-corrected chi connectivity index (χ3v) is 3.96. The van der Waals surface area contributed by atoms with E-state index in [0.29, 0.717) is 18.0 Å². The second-order valence-electron chi connectivity index (χ2n) is 6.21. The number of nitrogens with zero attached hydrogens (tertiary/aromatic N) is 1. The minimum atomic E-state index is 0.0616. The molecule has 1 heterocycles. The SMILES string of the molecule is CC1CCN(C(=O)c2cccc(OC(C)C)c2)C(CN)C1. The first-order valence-corrected chi connectivity index (χ1v) is 7.79. The highest BCUT2D eigenvalue weighted by atomic mass is 16.5. The van der Waals surface area contributed by atoms with Crippen LogP contribution in [0.1, 0.15) is 44.0 Å². The summed E-state index contributed by atoms with van der Waals surface area (Å²) >= 11 is 0. The predicted octanol–water partition coefficient (Wildman–Crippen LogP) is 2.67. The number of benzene rings is 1. The van der Waals surface area contributed by atoms with E-state index in [-0.39, 0.29) is 18.1 Å². The number of ether oxygens (including phenoxy) is 1. The van der Waals surface area contributed by atoms with E-state index < -0.39 is 0 Å². The van der Waals surface area contributed by atoms with Crippen LogP contribution in [0, 0.1) is 5.92 Å². The van der Waals surface area contributed by atoms with Crippen LogP contribution >= 0.6 is 0 Å². The third-order valence-electron chi connectivity index (χ3n) is 3.96. The Bertz CT molecular complexity index is 487. The van der Waals surface area contributed by atoms with Gasteiger partial charge in [0.15, 0.2) is 0 Å². The normalized spacial score (nSPS) is 22.4. The lowest BCUT2D eigenvalue weighted by atomic mass is 9.92. The number of piperidine rings is 1. The van der Waals surface area contributed by atoms with Gasteiger partial charge in [0.2, 0.25) is 0 Å². The van der Waals surface area contributed by atoms with Gasteiger partial charge in [0.25, 0.3) is 5.91 Å². The van der Waals surface area contributed by atoms with Gasteiger partial charge >= 0.3 is 0 Å². The van der Waals surface area contributed by atoms with E-state index in [1.54, 1.807) is 0 Å². The summed E-state index contributed by atoms with van der Waals surface area (Å²) in [6, 6.07) is 7.58. The van der Waals surface area contributed by atoms with Crippen molar-refractivity contribution in [1.82, 2.24) is 4.90 Å². The predicted molar refractivity (Wildman–Crippen MR) is 84.5 cm³/mol. The molecule has 1 saturated heterocycles. The highest BCUT2D eigenvalue weighted by Gasteiger charge is 2.29. The number of nitrogens with two attached hydrogens (primary N) is 1. The van der Waals surface area contributed by atoms with Crippen molar-refractivity contribution in [1.29, 1.82) is 0 Å². The minimum absolute atomic E-state index is 0.0616. The average Bonchev–Trinajstić information content (AvgIpc) is 2.46. The van der Waals surface area contributed by atoms with Crippen LogP contribution < -0.4 is 10.5 Å². The van der Waals surface area contributed by atoms with Crippen LogP contribution in [0.15, 0.2) is 24.3 Å². The van der Waals surface area contributed by atoms with Crippen LogP contribution in [0.5, 0.6) is 5.75 Å². The molecule has 0 radical (unpaired) electrons. The van der Waals surface area contributed by atoms with E-state index in [2.05, 4.69) is 6.92 Å². The summed E-state index contributed by atoms with van der Waals surface area (Å²) in [7, 11) is 0. The van der Waals surface area contributed by atoms with Gasteiger partial charge in [0.05, 0.1) is 6.10 Å². The van der Waals surface area contributed by atoms with Gasteiger partial charge in [-0.15, -0.1) is 0 Å². The molecule has 2 rings (SSSR count). The summed E-state index contributed by atoms with van der Waals surface area (Å²) in [6.07, 6.45) is 2.14. The van der Waals surface area contributed by atoms with E-state index >= 15 is 0 Å². The van der Waals surface area contributed by atoms with E-state index in [9.17, 15) is 4.79 Å². The van der Waals surface area contributed by atoms with Gasteiger partial charge in [-0.3, -0.25) is 4.79 Å². The van der Waals surface area contributed by atoms with Gasteiger partial charge in [-0.1, -0.05) is 13.0 Å². The van der Waals surface area contributed by atoms with Gasteiger partial charge in [-0.2, -0.15) is 0 Å². The van der Waals surface area contributed by atoms with Crippen LogP contribution in [-0.4, -0.2) is 36.0 Å². The van der Waals surface area contributed by atoms with Crippen molar-refractivity contribution in [3.63, 3.8) is 0 Å². The fraction of sp³-hybridized carbons (Fsp3) is 0.588. The Morgan fingerprint density at radius 2 is 2.24 bits per heavy atom. The summed E-state index contributed by atoms with van der Waals surface area (Å²) in [6.45, 7) is 7.49. The number of rotatable bonds is 4. The summed E-state index contributed by atoms with van der Waals surface area (Å²) in [5, 5.41) is 0. The van der Waals surface area contributed by atoms with Gasteiger partial charge in [-0.25, -0.2) is 0 Å². The highest BCUT2D eigenvalue weighted by Crippen LogP contribution is 2.24. The quantitative estimate of drug-likeness (QED) is 0.927. The molecule has 2 unspecified atom stereocenters. The Morgan fingerprint density at radius 1 is 1.48 bits per heavy atom. The molecule has 4 heteroatoms. The molecule has 2 atom stereocenters. The molecular weight excluding hydrogens is 264 g/mol. The van der Waals surface area contributed by atoms with Crippen molar-refractivity contribution in [3.8, 4) is 5.75 Å². The zero-order valence-electron chi connectivity index (χ0n) is 13.2. The summed E-state index contributed by atoms with van der Waals surface area (Å²) in [5.74, 6) is 1.44.